The lowest BCUT2D eigenvalue weighted by Crippen LogP contribution is -2.27. The number of nitrogens with zero attached hydrogens (tertiary/aromatic N) is 2. The number of benzene rings is 1. The summed E-state index contributed by atoms with van der Waals surface area (Å²) < 4.78 is 27.1. The van der Waals surface area contributed by atoms with Crippen molar-refractivity contribution in [2.45, 2.75) is 18.4 Å². The summed E-state index contributed by atoms with van der Waals surface area (Å²) in [5.41, 5.74) is 9.23. The molecule has 1 heterocycles. The van der Waals surface area contributed by atoms with E-state index in [4.69, 9.17) is 5.73 Å². The normalized spacial score (nSPS) is 12.0. The highest BCUT2D eigenvalue weighted by molar-refractivity contribution is 9.10. The third-order valence-corrected chi connectivity index (χ3v) is 5.94. The second kappa shape index (κ2) is 5.80. The SMILES string of the molecule is Cc1c(N)cc(Br)cc1S(=O)(=O)N(C)Cc1cscn1. The Labute approximate surface area is 130 Å². The molecule has 0 aliphatic carbocycles. The molecule has 5 nitrogen and oxygen atoms in total. The molecular formula is C12H14BrN3O2S2. The van der Waals surface area contributed by atoms with Crippen molar-refractivity contribution in [3.05, 3.63) is 38.8 Å². The minimum Gasteiger partial charge on any atom is -0.398 e. The van der Waals surface area contributed by atoms with Crippen molar-refractivity contribution in [3.8, 4) is 0 Å². The maximum absolute atomic E-state index is 12.6. The number of halogens is 1. The van der Waals surface area contributed by atoms with Gasteiger partial charge in [-0.1, -0.05) is 15.9 Å². The number of hydrogen-bond donors (Lipinski definition) is 1. The van der Waals surface area contributed by atoms with E-state index in [1.54, 1.807) is 24.6 Å². The smallest absolute Gasteiger partial charge is 0.243 e. The van der Waals surface area contributed by atoms with E-state index in [2.05, 4.69) is 20.9 Å². The standard InChI is InChI=1S/C12H14BrN3O2S2/c1-8-11(14)3-9(13)4-12(8)20(17,18)16(2)5-10-6-19-7-15-10/h3-4,6-7H,5,14H2,1-2H3. The fourth-order valence-electron chi connectivity index (χ4n) is 1.74. The van der Waals surface area contributed by atoms with Gasteiger partial charge in [0.05, 0.1) is 22.6 Å². The minimum atomic E-state index is -3.60. The Hall–Kier alpha value is -0.960. The molecule has 0 fully saturated rings. The lowest BCUT2D eigenvalue weighted by molar-refractivity contribution is 0.462. The number of nitrogen functional groups attached to an aromatic ring is 1. The van der Waals surface area contributed by atoms with E-state index in [9.17, 15) is 8.42 Å². The first-order valence-electron chi connectivity index (χ1n) is 5.71. The van der Waals surface area contributed by atoms with E-state index in [0.717, 1.165) is 5.69 Å². The third kappa shape index (κ3) is 3.03. The van der Waals surface area contributed by atoms with Gasteiger partial charge < -0.3 is 5.73 Å². The number of nitrogens with two attached hydrogens (primary N) is 1. The number of hydrogen-bond acceptors (Lipinski definition) is 5. The van der Waals surface area contributed by atoms with Crippen molar-refractivity contribution in [3.63, 3.8) is 0 Å². The molecule has 1 aromatic carbocycles. The molecule has 0 amide bonds. The zero-order valence-electron chi connectivity index (χ0n) is 11.0. The van der Waals surface area contributed by atoms with Gasteiger partial charge in [-0.25, -0.2) is 13.4 Å². The van der Waals surface area contributed by atoms with Crippen LogP contribution in [0.15, 0.2) is 32.4 Å². The average Bonchev–Trinajstić information content (AvgIpc) is 2.86. The molecule has 1 aromatic heterocycles. The van der Waals surface area contributed by atoms with Crippen LogP contribution in [0.3, 0.4) is 0 Å². The van der Waals surface area contributed by atoms with E-state index >= 15 is 0 Å². The number of sulfonamides is 1. The van der Waals surface area contributed by atoms with E-state index < -0.39 is 10.0 Å². The Morgan fingerprint density at radius 3 is 2.75 bits per heavy atom. The molecule has 0 unspecified atom stereocenters. The van der Waals surface area contributed by atoms with Gasteiger partial charge in [0.2, 0.25) is 10.0 Å². The molecule has 0 aliphatic rings. The van der Waals surface area contributed by atoms with Crippen LogP contribution in [-0.4, -0.2) is 24.8 Å². The number of aromatic nitrogens is 1. The van der Waals surface area contributed by atoms with E-state index in [-0.39, 0.29) is 11.4 Å². The Morgan fingerprint density at radius 2 is 2.15 bits per heavy atom. The van der Waals surface area contributed by atoms with Crippen LogP contribution in [0, 0.1) is 6.92 Å². The van der Waals surface area contributed by atoms with Crippen LogP contribution in [0.4, 0.5) is 5.69 Å². The van der Waals surface area contributed by atoms with E-state index in [1.165, 1.54) is 22.7 Å². The van der Waals surface area contributed by atoms with Gasteiger partial charge in [-0.05, 0) is 24.6 Å². The molecule has 0 saturated carbocycles. The van der Waals surface area contributed by atoms with Gasteiger partial charge in [0.25, 0.3) is 0 Å². The summed E-state index contributed by atoms with van der Waals surface area (Å²) in [5.74, 6) is 0. The number of rotatable bonds is 4. The first-order valence-corrected chi connectivity index (χ1v) is 8.89. The second-order valence-electron chi connectivity index (χ2n) is 4.36. The molecule has 20 heavy (non-hydrogen) atoms. The van der Waals surface area contributed by atoms with Crippen LogP contribution in [0.1, 0.15) is 11.3 Å². The average molecular weight is 376 g/mol. The summed E-state index contributed by atoms with van der Waals surface area (Å²) in [6, 6.07) is 3.26. The molecule has 2 N–H and O–H groups in total. The van der Waals surface area contributed by atoms with Gasteiger partial charge in [0, 0.05) is 22.6 Å². The third-order valence-electron chi connectivity index (χ3n) is 2.92. The summed E-state index contributed by atoms with van der Waals surface area (Å²) in [6.07, 6.45) is 0. The quantitative estimate of drug-likeness (QED) is 0.833. The largest absolute Gasteiger partial charge is 0.398 e. The van der Waals surface area contributed by atoms with Gasteiger partial charge >= 0.3 is 0 Å². The zero-order valence-corrected chi connectivity index (χ0v) is 14.2. The molecule has 0 saturated heterocycles. The van der Waals surface area contributed by atoms with Crippen molar-refractivity contribution in [1.29, 1.82) is 0 Å². The maximum Gasteiger partial charge on any atom is 0.243 e. The molecule has 8 heteroatoms. The van der Waals surface area contributed by atoms with Crippen LogP contribution < -0.4 is 5.73 Å². The lowest BCUT2D eigenvalue weighted by Gasteiger charge is -2.18. The Balaban J connectivity index is 2.40. The van der Waals surface area contributed by atoms with Crippen LogP contribution in [0.25, 0.3) is 0 Å². The van der Waals surface area contributed by atoms with Gasteiger partial charge in [0.15, 0.2) is 0 Å². The second-order valence-corrected chi connectivity index (χ2v) is 8.01. The minimum absolute atomic E-state index is 0.210. The summed E-state index contributed by atoms with van der Waals surface area (Å²) >= 11 is 4.71. The summed E-state index contributed by atoms with van der Waals surface area (Å²) in [5, 5.41) is 1.83. The molecule has 2 aromatic rings. The molecule has 0 atom stereocenters. The lowest BCUT2D eigenvalue weighted by atomic mass is 10.2. The number of thiazole rings is 1. The molecule has 2 rings (SSSR count). The maximum atomic E-state index is 12.6. The molecule has 0 radical (unpaired) electrons. The molecule has 0 bridgehead atoms. The van der Waals surface area contributed by atoms with Crippen LogP contribution >= 0.6 is 27.3 Å². The highest BCUT2D eigenvalue weighted by Crippen LogP contribution is 2.28. The summed E-state index contributed by atoms with van der Waals surface area (Å²) in [7, 11) is -2.07. The first kappa shape index (κ1) is 15.4. The van der Waals surface area contributed by atoms with Crippen molar-refractivity contribution in [2.75, 3.05) is 12.8 Å². The summed E-state index contributed by atoms with van der Waals surface area (Å²) in [4.78, 5) is 4.31. The van der Waals surface area contributed by atoms with Crippen molar-refractivity contribution < 1.29 is 8.42 Å². The van der Waals surface area contributed by atoms with Crippen LogP contribution in [0.2, 0.25) is 0 Å². The fourth-order valence-corrected chi connectivity index (χ4v) is 4.33. The van der Waals surface area contributed by atoms with E-state index in [1.807, 2.05) is 5.38 Å². The molecular weight excluding hydrogens is 362 g/mol. The van der Waals surface area contributed by atoms with Crippen molar-refractivity contribution in [1.82, 2.24) is 9.29 Å². The first-order chi connectivity index (χ1) is 9.32. The highest BCUT2D eigenvalue weighted by atomic mass is 79.9. The van der Waals surface area contributed by atoms with Gasteiger partial charge in [-0.15, -0.1) is 11.3 Å². The number of anilines is 1. The topological polar surface area (TPSA) is 76.3 Å². The predicted molar refractivity (Wildman–Crippen MR) is 84.1 cm³/mol. The fraction of sp³-hybridized carbons (Fsp3) is 0.250. The van der Waals surface area contributed by atoms with Crippen molar-refractivity contribution >= 4 is 43.0 Å². The van der Waals surface area contributed by atoms with Crippen LogP contribution in [-0.2, 0) is 16.6 Å². The van der Waals surface area contributed by atoms with Gasteiger partial charge in [-0.2, -0.15) is 4.31 Å². The zero-order chi connectivity index (χ0) is 14.9. The molecule has 108 valence electrons. The Bertz CT molecular complexity index is 715. The highest BCUT2D eigenvalue weighted by Gasteiger charge is 2.24. The Kier molecular flexibility index (Phi) is 4.48. The van der Waals surface area contributed by atoms with Crippen molar-refractivity contribution in [2.24, 2.45) is 0 Å². The Morgan fingerprint density at radius 1 is 1.45 bits per heavy atom. The van der Waals surface area contributed by atoms with Crippen LogP contribution in [0.5, 0.6) is 0 Å². The molecule has 0 spiro atoms. The van der Waals surface area contributed by atoms with Gasteiger partial charge in [-0.3, -0.25) is 0 Å². The van der Waals surface area contributed by atoms with Gasteiger partial charge in [0.1, 0.15) is 0 Å². The predicted octanol–water partition coefficient (Wildman–Crippen LogP) is 2.62. The summed E-state index contributed by atoms with van der Waals surface area (Å²) in [6.45, 7) is 1.93. The monoisotopic (exact) mass is 375 g/mol. The molecule has 0 aliphatic heterocycles. The van der Waals surface area contributed by atoms with E-state index in [0.29, 0.717) is 15.7 Å².